The largest absolute Gasteiger partial charge is 0.329 e. The van der Waals surface area contributed by atoms with Crippen molar-refractivity contribution in [1.82, 2.24) is 5.43 Å². The second kappa shape index (κ2) is 10.0. The Balaban J connectivity index is 1.87. The van der Waals surface area contributed by atoms with Crippen molar-refractivity contribution in [3.8, 4) is 0 Å². The van der Waals surface area contributed by atoms with E-state index < -0.39 is 11.8 Å². The fourth-order valence-electron chi connectivity index (χ4n) is 2.16. The molecular formula is C19H18BrClN4O3. The van der Waals surface area contributed by atoms with Crippen LogP contribution in [0.15, 0.2) is 52.0 Å². The Labute approximate surface area is 175 Å². The van der Waals surface area contributed by atoms with Gasteiger partial charge < -0.3 is 10.6 Å². The molecule has 0 aliphatic rings. The van der Waals surface area contributed by atoms with E-state index in [9.17, 15) is 14.4 Å². The molecule has 0 saturated heterocycles. The number of amides is 3. The van der Waals surface area contributed by atoms with Gasteiger partial charge in [-0.3, -0.25) is 14.4 Å². The maximum absolute atomic E-state index is 12.0. The molecule has 7 nitrogen and oxygen atoms in total. The van der Waals surface area contributed by atoms with E-state index in [0.29, 0.717) is 27.7 Å². The number of hydrogen-bond acceptors (Lipinski definition) is 4. The van der Waals surface area contributed by atoms with Crippen LogP contribution in [0.2, 0.25) is 5.02 Å². The van der Waals surface area contributed by atoms with Gasteiger partial charge in [0, 0.05) is 26.6 Å². The van der Waals surface area contributed by atoms with Crippen LogP contribution in [0.1, 0.15) is 18.9 Å². The van der Waals surface area contributed by atoms with E-state index >= 15 is 0 Å². The van der Waals surface area contributed by atoms with Gasteiger partial charge >= 0.3 is 11.8 Å². The molecule has 0 heterocycles. The molecule has 0 aliphatic heterocycles. The van der Waals surface area contributed by atoms with E-state index in [2.05, 4.69) is 37.1 Å². The van der Waals surface area contributed by atoms with Gasteiger partial charge in [-0.1, -0.05) is 39.7 Å². The molecule has 2 rings (SSSR count). The average Bonchev–Trinajstić information content (AvgIpc) is 2.63. The lowest BCUT2D eigenvalue weighted by Crippen LogP contribution is -2.33. The van der Waals surface area contributed by atoms with Gasteiger partial charge in [-0.2, -0.15) is 5.10 Å². The standard InChI is InChI=1S/C19H18BrClN4O3/c1-11(9-17(26)22-14-6-3-5-13(20)10-14)24-25-19(28)18(27)23-16-8-4-7-15(21)12(16)2/h3-8,10H,9H2,1-2H3,(H,22,26)(H,23,27)(H,25,28)/b24-11-. The average molecular weight is 466 g/mol. The highest BCUT2D eigenvalue weighted by atomic mass is 79.9. The maximum atomic E-state index is 12.0. The summed E-state index contributed by atoms with van der Waals surface area (Å²) in [4.78, 5) is 35.9. The maximum Gasteiger partial charge on any atom is 0.329 e. The molecule has 0 unspecified atom stereocenters. The number of carbonyl (C=O) groups excluding carboxylic acids is 3. The topological polar surface area (TPSA) is 99.7 Å². The van der Waals surface area contributed by atoms with Crippen molar-refractivity contribution in [2.45, 2.75) is 20.3 Å². The Morgan fingerprint density at radius 2 is 1.79 bits per heavy atom. The third kappa shape index (κ3) is 6.47. The number of nitrogens with zero attached hydrogens (tertiary/aromatic N) is 1. The molecule has 2 aromatic rings. The van der Waals surface area contributed by atoms with Crippen LogP contribution in [0.3, 0.4) is 0 Å². The molecule has 146 valence electrons. The van der Waals surface area contributed by atoms with E-state index in [1.54, 1.807) is 50.2 Å². The molecule has 3 amide bonds. The zero-order valence-electron chi connectivity index (χ0n) is 15.2. The summed E-state index contributed by atoms with van der Waals surface area (Å²) < 4.78 is 0.837. The predicted octanol–water partition coefficient (Wildman–Crippen LogP) is 3.87. The monoisotopic (exact) mass is 464 g/mol. The molecule has 2 aromatic carbocycles. The summed E-state index contributed by atoms with van der Waals surface area (Å²) >= 11 is 9.30. The number of nitrogens with one attached hydrogen (secondary N) is 3. The first kappa shape index (κ1) is 21.6. The van der Waals surface area contributed by atoms with E-state index in [-0.39, 0.29) is 12.3 Å². The van der Waals surface area contributed by atoms with Crippen molar-refractivity contribution in [2.24, 2.45) is 5.10 Å². The first-order chi connectivity index (χ1) is 13.3. The van der Waals surface area contributed by atoms with E-state index in [1.807, 2.05) is 6.07 Å². The molecule has 0 aliphatic carbocycles. The summed E-state index contributed by atoms with van der Waals surface area (Å²) in [7, 11) is 0. The number of hydrogen-bond donors (Lipinski definition) is 3. The summed E-state index contributed by atoms with van der Waals surface area (Å²) in [5, 5.41) is 9.44. The fourth-order valence-corrected chi connectivity index (χ4v) is 2.74. The molecule has 0 fully saturated rings. The fraction of sp³-hybridized carbons (Fsp3) is 0.158. The number of hydrazone groups is 1. The molecule has 0 radical (unpaired) electrons. The third-order valence-corrected chi connectivity index (χ3v) is 4.50. The lowest BCUT2D eigenvalue weighted by Gasteiger charge is -2.09. The van der Waals surface area contributed by atoms with Crippen LogP contribution in [0.25, 0.3) is 0 Å². The Hall–Kier alpha value is -2.71. The molecule has 9 heteroatoms. The zero-order valence-corrected chi connectivity index (χ0v) is 17.5. The number of anilines is 2. The van der Waals surface area contributed by atoms with Crippen molar-refractivity contribution in [3.05, 3.63) is 57.5 Å². The van der Waals surface area contributed by atoms with Crippen LogP contribution in [0, 0.1) is 6.92 Å². The molecule has 3 N–H and O–H groups in total. The van der Waals surface area contributed by atoms with E-state index in [0.717, 1.165) is 4.47 Å². The number of rotatable bonds is 5. The van der Waals surface area contributed by atoms with Crippen molar-refractivity contribution in [2.75, 3.05) is 10.6 Å². The van der Waals surface area contributed by atoms with Gasteiger partial charge in [-0.25, -0.2) is 5.43 Å². The molecule has 0 atom stereocenters. The van der Waals surface area contributed by atoms with Crippen LogP contribution in [-0.4, -0.2) is 23.4 Å². The summed E-state index contributed by atoms with van der Waals surface area (Å²) in [6.45, 7) is 3.29. The first-order valence-electron chi connectivity index (χ1n) is 8.21. The lowest BCUT2D eigenvalue weighted by molar-refractivity contribution is -0.136. The van der Waals surface area contributed by atoms with Gasteiger partial charge in [0.1, 0.15) is 0 Å². The van der Waals surface area contributed by atoms with E-state index in [1.165, 1.54) is 0 Å². The molecule has 0 saturated carbocycles. The van der Waals surface area contributed by atoms with Gasteiger partial charge in [0.05, 0.1) is 6.42 Å². The summed E-state index contributed by atoms with van der Waals surface area (Å²) in [6, 6.07) is 12.1. The van der Waals surface area contributed by atoms with Crippen molar-refractivity contribution in [1.29, 1.82) is 0 Å². The second-order valence-corrected chi connectivity index (χ2v) is 7.21. The summed E-state index contributed by atoms with van der Waals surface area (Å²) in [6.07, 6.45) is -0.0399. The van der Waals surface area contributed by atoms with Crippen molar-refractivity contribution < 1.29 is 14.4 Å². The minimum Gasteiger partial charge on any atom is -0.326 e. The van der Waals surface area contributed by atoms with Gasteiger partial charge in [0.25, 0.3) is 0 Å². The summed E-state index contributed by atoms with van der Waals surface area (Å²) in [5.41, 5.74) is 4.18. The normalized spacial score (nSPS) is 10.9. The minimum absolute atomic E-state index is 0.0399. The number of benzene rings is 2. The van der Waals surface area contributed by atoms with Crippen LogP contribution in [0.5, 0.6) is 0 Å². The molecule has 0 bridgehead atoms. The minimum atomic E-state index is -0.953. The third-order valence-electron chi connectivity index (χ3n) is 3.60. The Morgan fingerprint density at radius 3 is 2.50 bits per heavy atom. The Morgan fingerprint density at radius 1 is 1.07 bits per heavy atom. The van der Waals surface area contributed by atoms with Crippen molar-refractivity contribution in [3.63, 3.8) is 0 Å². The van der Waals surface area contributed by atoms with Gasteiger partial charge in [-0.15, -0.1) is 0 Å². The zero-order chi connectivity index (χ0) is 20.7. The van der Waals surface area contributed by atoms with Crippen LogP contribution < -0.4 is 16.1 Å². The molecular weight excluding hydrogens is 448 g/mol. The van der Waals surface area contributed by atoms with Gasteiger partial charge in [0.15, 0.2) is 0 Å². The predicted molar refractivity (Wildman–Crippen MR) is 113 cm³/mol. The van der Waals surface area contributed by atoms with Crippen molar-refractivity contribution >= 4 is 62.3 Å². The second-order valence-electron chi connectivity index (χ2n) is 5.89. The summed E-state index contributed by atoms with van der Waals surface area (Å²) in [5.74, 6) is -2.14. The Kier molecular flexibility index (Phi) is 7.71. The molecule has 0 spiro atoms. The first-order valence-corrected chi connectivity index (χ1v) is 9.38. The molecule has 0 aromatic heterocycles. The van der Waals surface area contributed by atoms with Crippen LogP contribution in [0.4, 0.5) is 11.4 Å². The molecule has 28 heavy (non-hydrogen) atoms. The van der Waals surface area contributed by atoms with Gasteiger partial charge in [0.2, 0.25) is 5.91 Å². The van der Waals surface area contributed by atoms with E-state index in [4.69, 9.17) is 11.6 Å². The lowest BCUT2D eigenvalue weighted by atomic mass is 10.2. The smallest absolute Gasteiger partial charge is 0.326 e. The number of halogens is 2. The highest BCUT2D eigenvalue weighted by molar-refractivity contribution is 9.10. The van der Waals surface area contributed by atoms with Crippen LogP contribution in [-0.2, 0) is 14.4 Å². The highest BCUT2D eigenvalue weighted by Crippen LogP contribution is 2.22. The number of carbonyl (C=O) groups is 3. The Bertz CT molecular complexity index is 947. The van der Waals surface area contributed by atoms with Crippen LogP contribution >= 0.6 is 27.5 Å². The highest BCUT2D eigenvalue weighted by Gasteiger charge is 2.15. The SMILES string of the molecule is C/C(CC(=O)Nc1cccc(Br)c1)=N/NC(=O)C(=O)Nc1cccc(Cl)c1C. The quantitative estimate of drug-likeness (QED) is 0.355. The van der Waals surface area contributed by atoms with Gasteiger partial charge in [-0.05, 0) is 49.7 Å².